The molecule has 4 fully saturated rings. The van der Waals surface area contributed by atoms with E-state index < -0.39 is 48.0 Å². The highest BCUT2D eigenvalue weighted by Crippen LogP contribution is 2.47. The summed E-state index contributed by atoms with van der Waals surface area (Å²) < 4.78 is 90.9. The lowest BCUT2D eigenvalue weighted by Crippen LogP contribution is -2.43. The number of aryl methyl sites for hydroxylation is 1. The van der Waals surface area contributed by atoms with Gasteiger partial charge in [-0.25, -0.2) is 17.6 Å². The molecule has 0 spiro atoms. The van der Waals surface area contributed by atoms with E-state index in [4.69, 9.17) is 18.6 Å². The van der Waals surface area contributed by atoms with E-state index in [1.807, 2.05) is 0 Å². The van der Waals surface area contributed by atoms with Crippen molar-refractivity contribution in [3.8, 4) is 35.2 Å². The van der Waals surface area contributed by atoms with Crippen LogP contribution in [0.5, 0.6) is 11.8 Å². The molecule has 238 valence electrons. The fourth-order valence-electron chi connectivity index (χ4n) is 7.80. The summed E-state index contributed by atoms with van der Waals surface area (Å²) in [5, 5.41) is 11.5. The minimum Gasteiger partial charge on any atom is -0.508 e. The molecule has 4 heterocycles. The van der Waals surface area contributed by atoms with E-state index in [0.717, 1.165) is 0 Å². The number of aromatic nitrogens is 2. The number of aromatic hydroxyl groups is 1. The van der Waals surface area contributed by atoms with E-state index in [2.05, 4.69) is 15.9 Å². The van der Waals surface area contributed by atoms with Crippen LogP contribution in [0.1, 0.15) is 33.1 Å². The van der Waals surface area contributed by atoms with E-state index in [0.29, 0.717) is 24.8 Å². The Hall–Kier alpha value is -4.14. The highest BCUT2D eigenvalue weighted by Gasteiger charge is 2.56. The lowest BCUT2D eigenvalue weighted by Gasteiger charge is -2.31. The van der Waals surface area contributed by atoms with Crippen LogP contribution in [-0.2, 0) is 4.74 Å². The molecule has 0 amide bonds. The third-order valence-electron chi connectivity index (χ3n) is 10.00. The molecule has 3 saturated heterocycles. The molecule has 3 aliphatic heterocycles. The molecule has 1 saturated carbocycles. The van der Waals surface area contributed by atoms with Gasteiger partial charge in [-0.15, -0.1) is 6.42 Å². The second-order valence-corrected chi connectivity index (χ2v) is 12.7. The second kappa shape index (κ2) is 10.7. The van der Waals surface area contributed by atoms with Gasteiger partial charge in [0, 0.05) is 41.8 Å². The van der Waals surface area contributed by atoms with Crippen molar-refractivity contribution in [2.45, 2.75) is 50.1 Å². The minimum atomic E-state index is -2.42. The summed E-state index contributed by atoms with van der Waals surface area (Å²) in [5.74, 6) is 0.437. The Balaban J connectivity index is 1.35. The van der Waals surface area contributed by atoms with Gasteiger partial charge in [-0.05, 0) is 67.1 Å². The van der Waals surface area contributed by atoms with Gasteiger partial charge < -0.3 is 19.5 Å². The number of alkyl halides is 2. The SMILES string of the molecule is [2H]C([2H])(Oc1nc(N2CCOC[C@H]3[C@H](F)[C@H]32)c2cc(F)c(-c3cc(O)cc4ccc(F)c(C#C)c34)c(C)c2n1)[C@@]12CCCN1C[C@H](F)C2. The number of phenolic OH excluding ortho intramolecular Hbond substituents is 1. The third-order valence-corrected chi connectivity index (χ3v) is 10.00. The molecule has 1 N–H and O–H groups in total. The van der Waals surface area contributed by atoms with Crippen LogP contribution in [-0.4, -0.2) is 83.3 Å². The molecular formula is C35H32F4N4O3. The van der Waals surface area contributed by atoms with Gasteiger partial charge in [0.25, 0.3) is 0 Å². The van der Waals surface area contributed by atoms with E-state index in [9.17, 15) is 13.9 Å². The van der Waals surface area contributed by atoms with Crippen LogP contribution in [0.4, 0.5) is 23.4 Å². The minimum absolute atomic E-state index is 0.0207. The Kier molecular flexibility index (Phi) is 6.29. The predicted octanol–water partition coefficient (Wildman–Crippen LogP) is 5.85. The van der Waals surface area contributed by atoms with Gasteiger partial charge in [0.05, 0.1) is 38.6 Å². The van der Waals surface area contributed by atoms with Crippen molar-refractivity contribution in [3.05, 3.63) is 53.1 Å². The number of hydrogen-bond acceptors (Lipinski definition) is 7. The average Bonchev–Trinajstić information content (AvgIpc) is 3.39. The number of halogens is 4. The number of terminal acetylenes is 1. The maximum Gasteiger partial charge on any atom is 0.319 e. The summed E-state index contributed by atoms with van der Waals surface area (Å²) in [6, 6.07) is 5.55. The summed E-state index contributed by atoms with van der Waals surface area (Å²) in [6.45, 7) is 0.504. The van der Waals surface area contributed by atoms with Crippen molar-refractivity contribution < 1.29 is 34.9 Å². The number of anilines is 1. The molecule has 1 aromatic heterocycles. The van der Waals surface area contributed by atoms with Gasteiger partial charge in [0.2, 0.25) is 0 Å². The van der Waals surface area contributed by atoms with Crippen LogP contribution in [0.15, 0.2) is 30.3 Å². The van der Waals surface area contributed by atoms with Crippen LogP contribution < -0.4 is 9.64 Å². The average molecular weight is 635 g/mol. The van der Waals surface area contributed by atoms with Gasteiger partial charge in [-0.3, -0.25) is 4.90 Å². The first-order chi connectivity index (χ1) is 22.9. The molecule has 4 aliphatic rings. The molecule has 0 bridgehead atoms. The van der Waals surface area contributed by atoms with Crippen LogP contribution in [0, 0.1) is 36.8 Å². The van der Waals surface area contributed by atoms with Crippen molar-refractivity contribution in [1.82, 2.24) is 14.9 Å². The number of ether oxygens (including phenoxy) is 2. The molecule has 46 heavy (non-hydrogen) atoms. The fraction of sp³-hybridized carbons (Fsp3) is 0.429. The maximum absolute atomic E-state index is 16.5. The highest BCUT2D eigenvalue weighted by atomic mass is 19.1. The smallest absolute Gasteiger partial charge is 0.319 e. The molecule has 0 radical (unpaired) electrons. The quantitative estimate of drug-likeness (QED) is 0.218. The summed E-state index contributed by atoms with van der Waals surface area (Å²) in [4.78, 5) is 12.7. The second-order valence-electron chi connectivity index (χ2n) is 12.7. The van der Waals surface area contributed by atoms with Crippen LogP contribution >= 0.6 is 0 Å². The van der Waals surface area contributed by atoms with Crippen LogP contribution in [0.2, 0.25) is 0 Å². The fourth-order valence-corrected chi connectivity index (χ4v) is 7.80. The van der Waals surface area contributed by atoms with E-state index >= 15 is 8.78 Å². The summed E-state index contributed by atoms with van der Waals surface area (Å²) in [7, 11) is 0. The van der Waals surface area contributed by atoms with Crippen LogP contribution in [0.3, 0.4) is 0 Å². The molecule has 4 aromatic rings. The zero-order valence-corrected chi connectivity index (χ0v) is 25.0. The Morgan fingerprint density at radius 3 is 2.87 bits per heavy atom. The van der Waals surface area contributed by atoms with Gasteiger partial charge in [-0.1, -0.05) is 12.0 Å². The molecule has 1 aliphatic carbocycles. The Bertz CT molecular complexity index is 2040. The first kappa shape index (κ1) is 27.0. The summed E-state index contributed by atoms with van der Waals surface area (Å²) in [5.41, 5.74) is -0.811. The number of hydrogen-bond donors (Lipinski definition) is 1. The standard InChI is InChI=1S/C35H32F4N4O3/c1-3-22-26(37)6-5-19-11-21(44)12-23(29(19)22)28-18(2)31-24(13-27(28)38)33(43-9-10-45-16-25-30(39)32(25)43)41-34(40-31)46-17-35-7-4-8-42(35)15-20(36)14-35/h1,5-6,11-13,20,25,30,32,44H,4,7-10,14-17H2,2H3/t20-,25+,30+,32+,35+/m1/s1/i17D2. The number of phenols is 1. The van der Waals surface area contributed by atoms with Gasteiger partial charge in [0.15, 0.2) is 0 Å². The Morgan fingerprint density at radius 1 is 1.20 bits per heavy atom. The highest BCUT2D eigenvalue weighted by molar-refractivity contribution is 6.05. The third kappa shape index (κ3) is 4.48. The first-order valence-electron chi connectivity index (χ1n) is 16.4. The number of rotatable bonds is 5. The molecule has 3 aromatic carbocycles. The van der Waals surface area contributed by atoms with Crippen molar-refractivity contribution in [1.29, 1.82) is 0 Å². The van der Waals surface area contributed by atoms with E-state index in [-0.39, 0.29) is 88.8 Å². The molecular weight excluding hydrogens is 600 g/mol. The number of nitrogens with zero attached hydrogens (tertiary/aromatic N) is 4. The predicted molar refractivity (Wildman–Crippen MR) is 166 cm³/mol. The van der Waals surface area contributed by atoms with Crippen molar-refractivity contribution in [3.63, 3.8) is 0 Å². The van der Waals surface area contributed by atoms with E-state index in [1.165, 1.54) is 30.3 Å². The zero-order valence-electron chi connectivity index (χ0n) is 27.0. The monoisotopic (exact) mass is 634 g/mol. The summed E-state index contributed by atoms with van der Waals surface area (Å²) in [6.07, 6.45) is 4.27. The molecule has 7 nitrogen and oxygen atoms in total. The van der Waals surface area contributed by atoms with Crippen molar-refractivity contribution in [2.75, 3.05) is 44.3 Å². The summed E-state index contributed by atoms with van der Waals surface area (Å²) >= 11 is 0. The number of benzene rings is 3. The molecule has 8 rings (SSSR count). The maximum atomic E-state index is 16.5. The normalized spacial score (nSPS) is 28.4. The van der Waals surface area contributed by atoms with Crippen LogP contribution in [0.25, 0.3) is 32.8 Å². The zero-order chi connectivity index (χ0) is 33.7. The lowest BCUT2D eigenvalue weighted by molar-refractivity contribution is 0.107. The van der Waals surface area contributed by atoms with Crippen molar-refractivity contribution in [2.24, 2.45) is 5.92 Å². The van der Waals surface area contributed by atoms with Gasteiger partial charge >= 0.3 is 6.01 Å². The van der Waals surface area contributed by atoms with Gasteiger partial charge in [0.1, 0.15) is 42.1 Å². The molecule has 0 unspecified atom stereocenters. The molecule has 11 heteroatoms. The van der Waals surface area contributed by atoms with E-state index in [1.54, 1.807) is 16.7 Å². The van der Waals surface area contributed by atoms with Crippen molar-refractivity contribution >= 4 is 27.5 Å². The Labute approximate surface area is 265 Å². The number of fused-ring (bicyclic) bond motifs is 4. The Morgan fingerprint density at radius 2 is 2.04 bits per heavy atom. The topological polar surface area (TPSA) is 71.0 Å². The lowest BCUT2D eigenvalue weighted by atomic mass is 9.90. The molecule has 5 atom stereocenters. The van der Waals surface area contributed by atoms with Gasteiger partial charge in [-0.2, -0.15) is 9.97 Å². The first-order valence-corrected chi connectivity index (χ1v) is 15.4. The largest absolute Gasteiger partial charge is 0.508 e.